The van der Waals surface area contributed by atoms with Crippen LogP contribution >= 0.6 is 0 Å². The highest BCUT2D eigenvalue weighted by Crippen LogP contribution is 2.31. The highest BCUT2D eigenvalue weighted by Gasteiger charge is 2.30. The van der Waals surface area contributed by atoms with Crippen LogP contribution in [0.2, 0.25) is 0 Å². The summed E-state index contributed by atoms with van der Waals surface area (Å²) < 4.78 is 19.7. The maximum atomic E-state index is 13.7. The number of nitrogens with one attached hydrogen (secondary N) is 1. The molecule has 0 radical (unpaired) electrons. The minimum Gasteiger partial charge on any atom is -0.377 e. The van der Waals surface area contributed by atoms with Crippen LogP contribution in [0.3, 0.4) is 0 Å². The lowest BCUT2D eigenvalue weighted by Crippen LogP contribution is -2.46. The summed E-state index contributed by atoms with van der Waals surface area (Å²) in [5.74, 6) is -0.538. The number of rotatable bonds is 6. The summed E-state index contributed by atoms with van der Waals surface area (Å²) in [4.78, 5) is 13.3. The molecule has 0 atom stereocenters. The number of nitrogens with zero attached hydrogens (tertiary/aromatic N) is 2. The molecule has 0 amide bonds. The third kappa shape index (κ3) is 5.20. The number of piperidine rings is 1. The quantitative estimate of drug-likeness (QED) is 0.563. The standard InChI is InChI=1S/C21H32FN3O3/c1-14(2)28-18-6-4-17(5-7-18)24-10-8-16(9-11-24)23-20-12-15(3)19(22)13-21(20)25(26)27/h12-14,16-18,23H,4-11H2,1-3H3. The van der Waals surface area contributed by atoms with Gasteiger partial charge in [-0.3, -0.25) is 10.1 Å². The number of ether oxygens (including phenoxy) is 1. The van der Waals surface area contributed by atoms with Gasteiger partial charge < -0.3 is 15.0 Å². The molecule has 2 fully saturated rings. The smallest absolute Gasteiger partial charge is 0.295 e. The number of nitro groups is 1. The first-order chi connectivity index (χ1) is 13.3. The zero-order valence-electron chi connectivity index (χ0n) is 17.1. The average Bonchev–Trinajstić information content (AvgIpc) is 2.65. The fraction of sp³-hybridized carbons (Fsp3) is 0.714. The number of benzene rings is 1. The van der Waals surface area contributed by atoms with Crippen molar-refractivity contribution in [3.8, 4) is 0 Å². The summed E-state index contributed by atoms with van der Waals surface area (Å²) in [5, 5.41) is 14.6. The van der Waals surface area contributed by atoms with Crippen molar-refractivity contribution < 1.29 is 14.1 Å². The number of likely N-dealkylation sites (tertiary alicyclic amines) is 1. The number of aryl methyl sites for hydroxylation is 1. The van der Waals surface area contributed by atoms with E-state index in [1.807, 2.05) is 0 Å². The summed E-state index contributed by atoms with van der Waals surface area (Å²) in [7, 11) is 0. The Kier molecular flexibility index (Phi) is 6.88. The van der Waals surface area contributed by atoms with Gasteiger partial charge in [-0.05, 0) is 70.9 Å². The van der Waals surface area contributed by atoms with Crippen LogP contribution in [0.1, 0.15) is 57.9 Å². The summed E-state index contributed by atoms with van der Waals surface area (Å²) >= 11 is 0. The van der Waals surface area contributed by atoms with Crippen molar-refractivity contribution in [2.45, 2.75) is 83.6 Å². The van der Waals surface area contributed by atoms with Gasteiger partial charge in [-0.1, -0.05) is 0 Å². The molecule has 0 unspecified atom stereocenters. The first-order valence-electron chi connectivity index (χ1n) is 10.4. The fourth-order valence-corrected chi connectivity index (χ4v) is 4.50. The van der Waals surface area contributed by atoms with Crippen molar-refractivity contribution in [2.24, 2.45) is 0 Å². The van der Waals surface area contributed by atoms with Gasteiger partial charge in [0.05, 0.1) is 23.2 Å². The van der Waals surface area contributed by atoms with Gasteiger partial charge in [0.25, 0.3) is 5.69 Å². The van der Waals surface area contributed by atoms with Crippen molar-refractivity contribution in [3.05, 3.63) is 33.6 Å². The molecule has 1 aliphatic carbocycles. The van der Waals surface area contributed by atoms with Gasteiger partial charge in [0, 0.05) is 25.2 Å². The molecule has 1 aromatic carbocycles. The second-order valence-corrected chi connectivity index (χ2v) is 8.45. The molecule has 1 saturated carbocycles. The minimum absolute atomic E-state index is 0.181. The molecular formula is C21H32FN3O3. The summed E-state index contributed by atoms with van der Waals surface area (Å²) in [6.07, 6.45) is 7.19. The van der Waals surface area contributed by atoms with E-state index in [9.17, 15) is 14.5 Å². The Balaban J connectivity index is 1.51. The molecule has 1 aliphatic heterocycles. The Morgan fingerprint density at radius 2 is 1.82 bits per heavy atom. The molecule has 7 heteroatoms. The Labute approximate surface area is 166 Å². The highest BCUT2D eigenvalue weighted by molar-refractivity contribution is 5.63. The molecule has 0 spiro atoms. The predicted molar refractivity (Wildman–Crippen MR) is 108 cm³/mol. The SMILES string of the molecule is Cc1cc(NC2CCN(C3CCC(OC(C)C)CC3)CC2)c([N+](=O)[O-])cc1F. The van der Waals surface area contributed by atoms with Crippen molar-refractivity contribution in [3.63, 3.8) is 0 Å². The Morgan fingerprint density at radius 1 is 1.18 bits per heavy atom. The van der Waals surface area contributed by atoms with E-state index in [0.717, 1.165) is 44.8 Å². The Morgan fingerprint density at radius 3 is 2.39 bits per heavy atom. The van der Waals surface area contributed by atoms with Gasteiger partial charge in [-0.15, -0.1) is 0 Å². The van der Waals surface area contributed by atoms with Crippen LogP contribution in [0.25, 0.3) is 0 Å². The van der Waals surface area contributed by atoms with Crippen molar-refractivity contribution in [1.82, 2.24) is 4.90 Å². The summed E-state index contributed by atoms with van der Waals surface area (Å²) in [6.45, 7) is 7.80. The third-order valence-corrected chi connectivity index (χ3v) is 5.99. The first-order valence-corrected chi connectivity index (χ1v) is 10.4. The molecular weight excluding hydrogens is 361 g/mol. The van der Waals surface area contributed by atoms with Crippen LogP contribution in [0.5, 0.6) is 0 Å². The molecule has 1 heterocycles. The molecule has 1 saturated heterocycles. The van der Waals surface area contributed by atoms with Crippen LogP contribution < -0.4 is 5.32 Å². The maximum absolute atomic E-state index is 13.7. The van der Waals surface area contributed by atoms with E-state index in [2.05, 4.69) is 24.1 Å². The van der Waals surface area contributed by atoms with Gasteiger partial charge in [-0.25, -0.2) is 4.39 Å². The van der Waals surface area contributed by atoms with Crippen molar-refractivity contribution in [1.29, 1.82) is 0 Å². The predicted octanol–water partition coefficient (Wildman–Crippen LogP) is 4.65. The number of anilines is 1. The lowest BCUT2D eigenvalue weighted by Gasteiger charge is -2.41. The fourth-order valence-electron chi connectivity index (χ4n) is 4.50. The van der Waals surface area contributed by atoms with Crippen LogP contribution in [0, 0.1) is 22.9 Å². The highest BCUT2D eigenvalue weighted by atomic mass is 19.1. The summed E-state index contributed by atoms with van der Waals surface area (Å²) in [6, 6.07) is 3.37. The molecule has 0 bridgehead atoms. The molecule has 6 nitrogen and oxygen atoms in total. The minimum atomic E-state index is -0.538. The van der Waals surface area contributed by atoms with Gasteiger partial charge in [0.2, 0.25) is 0 Å². The van der Waals surface area contributed by atoms with Gasteiger partial charge >= 0.3 is 0 Å². The topological polar surface area (TPSA) is 67.6 Å². The maximum Gasteiger partial charge on any atom is 0.295 e. The van der Waals surface area contributed by atoms with Crippen LogP contribution in [0.15, 0.2) is 12.1 Å². The molecule has 3 rings (SSSR count). The van der Waals surface area contributed by atoms with Crippen LogP contribution in [-0.4, -0.2) is 47.2 Å². The number of nitro benzene ring substituents is 1. The van der Waals surface area contributed by atoms with Gasteiger partial charge in [0.15, 0.2) is 0 Å². The van der Waals surface area contributed by atoms with E-state index in [-0.39, 0.29) is 11.7 Å². The van der Waals surface area contributed by atoms with Crippen LogP contribution in [0.4, 0.5) is 15.8 Å². The molecule has 0 aromatic heterocycles. The lowest BCUT2D eigenvalue weighted by molar-refractivity contribution is -0.384. The first kappa shape index (κ1) is 21.0. The average molecular weight is 394 g/mol. The van der Waals surface area contributed by atoms with Crippen molar-refractivity contribution in [2.75, 3.05) is 18.4 Å². The zero-order valence-corrected chi connectivity index (χ0v) is 17.1. The molecule has 1 aromatic rings. The molecule has 2 aliphatic rings. The number of hydrogen-bond donors (Lipinski definition) is 1. The molecule has 156 valence electrons. The van der Waals surface area contributed by atoms with E-state index >= 15 is 0 Å². The van der Waals surface area contributed by atoms with Crippen molar-refractivity contribution >= 4 is 11.4 Å². The van der Waals surface area contributed by atoms with Gasteiger partial charge in [0.1, 0.15) is 11.5 Å². The largest absolute Gasteiger partial charge is 0.377 e. The van der Waals surface area contributed by atoms with Crippen LogP contribution in [-0.2, 0) is 4.74 Å². The Bertz CT molecular complexity index is 682. The third-order valence-electron chi connectivity index (χ3n) is 5.99. The Hall–Kier alpha value is -1.73. The van der Waals surface area contributed by atoms with E-state index in [0.29, 0.717) is 29.5 Å². The lowest BCUT2D eigenvalue weighted by atomic mass is 9.90. The van der Waals surface area contributed by atoms with E-state index < -0.39 is 10.7 Å². The molecule has 28 heavy (non-hydrogen) atoms. The van der Waals surface area contributed by atoms with E-state index in [1.165, 1.54) is 12.8 Å². The van der Waals surface area contributed by atoms with E-state index in [1.54, 1.807) is 13.0 Å². The normalized spacial score (nSPS) is 24.5. The number of hydrogen-bond acceptors (Lipinski definition) is 5. The monoisotopic (exact) mass is 393 g/mol. The summed E-state index contributed by atoms with van der Waals surface area (Å²) in [5.41, 5.74) is 0.661. The van der Waals surface area contributed by atoms with E-state index in [4.69, 9.17) is 4.74 Å². The van der Waals surface area contributed by atoms with Gasteiger partial charge in [-0.2, -0.15) is 0 Å². The zero-order chi connectivity index (χ0) is 20.3. The second-order valence-electron chi connectivity index (χ2n) is 8.45. The molecule has 1 N–H and O–H groups in total. The second kappa shape index (κ2) is 9.18. The number of halogens is 1.